The minimum atomic E-state index is 0. The summed E-state index contributed by atoms with van der Waals surface area (Å²) in [6.07, 6.45) is 8.04. The third kappa shape index (κ3) is 6.94. The number of nitrogens with zero attached hydrogens (tertiary/aromatic N) is 1. The first-order valence-corrected chi connectivity index (χ1v) is 8.13. The first-order valence-electron chi connectivity index (χ1n) is 8.13. The van der Waals surface area contributed by atoms with Gasteiger partial charge in [0.2, 0.25) is 5.91 Å². The maximum absolute atomic E-state index is 12.4. The van der Waals surface area contributed by atoms with Gasteiger partial charge in [0.1, 0.15) is 0 Å². The summed E-state index contributed by atoms with van der Waals surface area (Å²) in [5.41, 5.74) is 0. The van der Waals surface area contributed by atoms with Crippen molar-refractivity contribution in [2.24, 2.45) is 11.8 Å². The van der Waals surface area contributed by atoms with E-state index >= 15 is 0 Å². The molecule has 2 atom stereocenters. The fourth-order valence-corrected chi connectivity index (χ4v) is 3.07. The van der Waals surface area contributed by atoms with Crippen LogP contribution >= 0.6 is 12.4 Å². The van der Waals surface area contributed by atoms with Crippen molar-refractivity contribution in [1.82, 2.24) is 10.2 Å². The zero-order valence-corrected chi connectivity index (χ0v) is 14.3. The van der Waals surface area contributed by atoms with Crippen LogP contribution < -0.4 is 5.32 Å². The molecule has 0 aliphatic carbocycles. The van der Waals surface area contributed by atoms with Gasteiger partial charge in [-0.15, -0.1) is 12.4 Å². The lowest BCUT2D eigenvalue weighted by Gasteiger charge is -2.33. The number of rotatable bonds is 8. The number of likely N-dealkylation sites (tertiary alicyclic amines) is 1. The first-order chi connectivity index (χ1) is 9.21. The van der Waals surface area contributed by atoms with Crippen LogP contribution in [-0.2, 0) is 4.79 Å². The van der Waals surface area contributed by atoms with Crippen LogP contribution in [-0.4, -0.2) is 37.5 Å². The molecule has 1 rings (SSSR count). The molecular weight excluding hydrogens is 272 g/mol. The Morgan fingerprint density at radius 1 is 1.40 bits per heavy atom. The second kappa shape index (κ2) is 11.4. The van der Waals surface area contributed by atoms with Gasteiger partial charge < -0.3 is 10.2 Å². The van der Waals surface area contributed by atoms with Gasteiger partial charge >= 0.3 is 0 Å². The van der Waals surface area contributed by atoms with E-state index in [1.807, 2.05) is 7.05 Å². The molecule has 1 saturated heterocycles. The van der Waals surface area contributed by atoms with Gasteiger partial charge in [0, 0.05) is 19.5 Å². The van der Waals surface area contributed by atoms with Crippen LogP contribution in [0.3, 0.4) is 0 Å². The third-order valence-corrected chi connectivity index (χ3v) is 4.37. The van der Waals surface area contributed by atoms with Crippen molar-refractivity contribution >= 4 is 18.3 Å². The van der Waals surface area contributed by atoms with Crippen LogP contribution in [0.25, 0.3) is 0 Å². The molecule has 0 aromatic heterocycles. The minimum absolute atomic E-state index is 0. The largest absolute Gasteiger partial charge is 0.342 e. The molecule has 20 heavy (non-hydrogen) atoms. The molecule has 0 radical (unpaired) electrons. The highest BCUT2D eigenvalue weighted by atomic mass is 35.5. The highest BCUT2D eigenvalue weighted by Crippen LogP contribution is 2.21. The molecule has 4 heteroatoms. The van der Waals surface area contributed by atoms with E-state index in [9.17, 15) is 4.79 Å². The standard InChI is InChI=1S/C16H32N2O.ClH/c1-4-6-8-14(5-2)11-16(19)18-10-7-9-15(13-18)12-17-3;/h14-15,17H,4-13H2,1-3H3;1H. The van der Waals surface area contributed by atoms with Crippen LogP contribution in [0.15, 0.2) is 0 Å². The summed E-state index contributed by atoms with van der Waals surface area (Å²) >= 11 is 0. The molecule has 0 aromatic carbocycles. The Labute approximate surface area is 131 Å². The topological polar surface area (TPSA) is 32.3 Å². The van der Waals surface area contributed by atoms with Crippen LogP contribution in [0.1, 0.15) is 58.8 Å². The Kier molecular flexibility index (Phi) is 11.2. The minimum Gasteiger partial charge on any atom is -0.342 e. The second-order valence-electron chi connectivity index (χ2n) is 6.03. The predicted molar refractivity (Wildman–Crippen MR) is 88.4 cm³/mol. The Hall–Kier alpha value is -0.280. The van der Waals surface area contributed by atoms with E-state index in [1.165, 1.54) is 32.1 Å². The van der Waals surface area contributed by atoms with E-state index in [1.54, 1.807) is 0 Å². The van der Waals surface area contributed by atoms with Gasteiger partial charge in [-0.2, -0.15) is 0 Å². The average molecular weight is 305 g/mol. The summed E-state index contributed by atoms with van der Waals surface area (Å²) in [7, 11) is 2.00. The number of hydrogen-bond donors (Lipinski definition) is 1. The van der Waals surface area contributed by atoms with Crippen molar-refractivity contribution in [3.05, 3.63) is 0 Å². The number of carbonyl (C=O) groups is 1. The van der Waals surface area contributed by atoms with Crippen LogP contribution in [0.4, 0.5) is 0 Å². The molecule has 1 N–H and O–H groups in total. The summed E-state index contributed by atoms with van der Waals surface area (Å²) in [5, 5.41) is 3.24. The van der Waals surface area contributed by atoms with Gasteiger partial charge in [-0.3, -0.25) is 4.79 Å². The monoisotopic (exact) mass is 304 g/mol. The summed E-state index contributed by atoms with van der Waals surface area (Å²) in [6, 6.07) is 0. The SMILES string of the molecule is CCCCC(CC)CC(=O)N1CCCC(CNC)C1.Cl. The van der Waals surface area contributed by atoms with Crippen molar-refractivity contribution in [1.29, 1.82) is 0 Å². The number of halogens is 1. The van der Waals surface area contributed by atoms with E-state index in [4.69, 9.17) is 0 Å². The van der Waals surface area contributed by atoms with Gasteiger partial charge in [-0.25, -0.2) is 0 Å². The van der Waals surface area contributed by atoms with E-state index in [-0.39, 0.29) is 12.4 Å². The summed E-state index contributed by atoms with van der Waals surface area (Å²) in [4.78, 5) is 14.5. The quantitative estimate of drug-likeness (QED) is 0.744. The predicted octanol–water partition coefficient (Wildman–Crippen LogP) is 3.47. The molecule has 1 aliphatic heterocycles. The van der Waals surface area contributed by atoms with Gasteiger partial charge in [-0.1, -0.05) is 33.1 Å². The van der Waals surface area contributed by atoms with Crippen LogP contribution in [0, 0.1) is 11.8 Å². The summed E-state index contributed by atoms with van der Waals surface area (Å²) < 4.78 is 0. The zero-order valence-electron chi connectivity index (χ0n) is 13.5. The van der Waals surface area contributed by atoms with Crippen molar-refractivity contribution in [3.63, 3.8) is 0 Å². The van der Waals surface area contributed by atoms with Gasteiger partial charge in [-0.05, 0) is 44.7 Å². The highest BCUT2D eigenvalue weighted by Gasteiger charge is 2.24. The number of piperidine rings is 1. The van der Waals surface area contributed by atoms with Gasteiger partial charge in [0.15, 0.2) is 0 Å². The van der Waals surface area contributed by atoms with Crippen molar-refractivity contribution in [2.45, 2.75) is 58.8 Å². The van der Waals surface area contributed by atoms with Gasteiger partial charge in [0.05, 0.1) is 0 Å². The normalized spacial score (nSPS) is 20.4. The Morgan fingerprint density at radius 2 is 2.15 bits per heavy atom. The number of nitrogens with one attached hydrogen (secondary N) is 1. The smallest absolute Gasteiger partial charge is 0.222 e. The molecule has 1 heterocycles. The first kappa shape index (κ1) is 19.7. The molecule has 1 amide bonds. The fraction of sp³-hybridized carbons (Fsp3) is 0.938. The Balaban J connectivity index is 0.00000361. The maximum Gasteiger partial charge on any atom is 0.222 e. The highest BCUT2D eigenvalue weighted by molar-refractivity contribution is 5.85. The summed E-state index contributed by atoms with van der Waals surface area (Å²) in [5.74, 6) is 1.64. The average Bonchev–Trinajstić information content (AvgIpc) is 2.44. The number of carbonyl (C=O) groups excluding carboxylic acids is 1. The fourth-order valence-electron chi connectivity index (χ4n) is 3.07. The molecule has 1 aliphatic rings. The van der Waals surface area contributed by atoms with Crippen molar-refractivity contribution in [3.8, 4) is 0 Å². The molecule has 0 bridgehead atoms. The molecule has 0 saturated carbocycles. The number of hydrogen-bond acceptors (Lipinski definition) is 2. The Morgan fingerprint density at radius 3 is 2.75 bits per heavy atom. The van der Waals surface area contributed by atoms with E-state index in [0.717, 1.165) is 32.5 Å². The lowest BCUT2D eigenvalue weighted by atomic mass is 9.93. The van der Waals surface area contributed by atoms with E-state index < -0.39 is 0 Å². The summed E-state index contributed by atoms with van der Waals surface area (Å²) in [6.45, 7) is 7.42. The van der Waals surface area contributed by atoms with Crippen LogP contribution in [0.5, 0.6) is 0 Å². The molecule has 3 nitrogen and oxygen atoms in total. The lowest BCUT2D eigenvalue weighted by molar-refractivity contribution is -0.134. The van der Waals surface area contributed by atoms with Crippen LogP contribution in [0.2, 0.25) is 0 Å². The second-order valence-corrected chi connectivity index (χ2v) is 6.03. The molecule has 2 unspecified atom stereocenters. The molecule has 1 fully saturated rings. The zero-order chi connectivity index (χ0) is 14.1. The molecule has 120 valence electrons. The molecule has 0 aromatic rings. The number of amides is 1. The number of unbranched alkanes of at least 4 members (excludes halogenated alkanes) is 1. The molecular formula is C16H33ClN2O. The van der Waals surface area contributed by atoms with E-state index in [2.05, 4.69) is 24.1 Å². The van der Waals surface area contributed by atoms with E-state index in [0.29, 0.717) is 17.7 Å². The van der Waals surface area contributed by atoms with Crippen molar-refractivity contribution < 1.29 is 4.79 Å². The van der Waals surface area contributed by atoms with Crippen molar-refractivity contribution in [2.75, 3.05) is 26.7 Å². The Bertz CT molecular complexity index is 259. The van der Waals surface area contributed by atoms with Gasteiger partial charge in [0.25, 0.3) is 0 Å². The maximum atomic E-state index is 12.4. The third-order valence-electron chi connectivity index (χ3n) is 4.37. The molecule has 0 spiro atoms. The lowest BCUT2D eigenvalue weighted by Crippen LogP contribution is -2.43.